The van der Waals surface area contributed by atoms with Crippen molar-refractivity contribution in [3.63, 3.8) is 0 Å². The fourth-order valence-electron chi connectivity index (χ4n) is 1.53. The highest BCUT2D eigenvalue weighted by Crippen LogP contribution is 2.31. The van der Waals surface area contributed by atoms with Crippen molar-refractivity contribution >= 4 is 5.69 Å². The van der Waals surface area contributed by atoms with Gasteiger partial charge in [0.05, 0.1) is 18.1 Å². The first kappa shape index (κ1) is 13.8. The summed E-state index contributed by atoms with van der Waals surface area (Å²) in [5.74, 6) is 1.53. The summed E-state index contributed by atoms with van der Waals surface area (Å²) in [4.78, 5) is 14.3. The van der Waals surface area contributed by atoms with Gasteiger partial charge >= 0.3 is 0 Å². The molecule has 1 aromatic carbocycles. The lowest BCUT2D eigenvalue weighted by Crippen LogP contribution is -2.00. The van der Waals surface area contributed by atoms with Gasteiger partial charge in [-0.05, 0) is 6.07 Å². The van der Waals surface area contributed by atoms with Crippen LogP contribution in [0.25, 0.3) is 0 Å². The molecule has 0 aliphatic rings. The van der Waals surface area contributed by atoms with Crippen LogP contribution >= 0.6 is 0 Å². The summed E-state index contributed by atoms with van der Waals surface area (Å²) in [6.07, 6.45) is 0.632. The van der Waals surface area contributed by atoms with Crippen LogP contribution in [0.2, 0.25) is 0 Å². The third-order valence-electron chi connectivity index (χ3n) is 2.53. The summed E-state index contributed by atoms with van der Waals surface area (Å²) in [6, 6.07) is 4.11. The van der Waals surface area contributed by atoms with Crippen molar-refractivity contribution in [3.8, 4) is 11.5 Å². The van der Waals surface area contributed by atoms with Gasteiger partial charge in [0.15, 0.2) is 18.1 Å². The molecule has 2 aromatic rings. The summed E-state index contributed by atoms with van der Waals surface area (Å²) < 4.78 is 15.5. The second-order valence-corrected chi connectivity index (χ2v) is 3.84. The molecule has 106 valence electrons. The third kappa shape index (κ3) is 3.02. The fraction of sp³-hybridized carbons (Fsp3) is 0.333. The predicted molar refractivity (Wildman–Crippen MR) is 67.7 cm³/mol. The Labute approximate surface area is 114 Å². The molecular formula is C12H13N3O5. The van der Waals surface area contributed by atoms with Crippen LogP contribution in [-0.2, 0) is 13.0 Å². The largest absolute Gasteiger partial charge is 0.493 e. The molecule has 8 heteroatoms. The number of non-ortho nitro benzene ring substituents is 1. The van der Waals surface area contributed by atoms with E-state index in [9.17, 15) is 10.1 Å². The molecular weight excluding hydrogens is 266 g/mol. The van der Waals surface area contributed by atoms with Crippen LogP contribution in [0.3, 0.4) is 0 Å². The van der Waals surface area contributed by atoms with Crippen molar-refractivity contribution < 1.29 is 18.9 Å². The van der Waals surface area contributed by atoms with Crippen molar-refractivity contribution in [1.82, 2.24) is 10.1 Å². The number of methoxy groups -OCH3 is 1. The second-order valence-electron chi connectivity index (χ2n) is 3.84. The smallest absolute Gasteiger partial charge is 0.273 e. The van der Waals surface area contributed by atoms with Crippen molar-refractivity contribution in [2.24, 2.45) is 0 Å². The Morgan fingerprint density at radius 2 is 2.20 bits per heavy atom. The third-order valence-corrected chi connectivity index (χ3v) is 2.53. The number of nitro groups is 1. The number of hydrogen-bond acceptors (Lipinski definition) is 7. The van der Waals surface area contributed by atoms with E-state index in [1.807, 2.05) is 6.92 Å². The van der Waals surface area contributed by atoms with E-state index in [1.165, 1.54) is 25.3 Å². The van der Waals surface area contributed by atoms with E-state index in [-0.39, 0.29) is 18.0 Å². The van der Waals surface area contributed by atoms with Gasteiger partial charge in [-0.1, -0.05) is 12.1 Å². The molecule has 0 atom stereocenters. The molecule has 20 heavy (non-hydrogen) atoms. The zero-order valence-corrected chi connectivity index (χ0v) is 11.0. The first-order valence-electron chi connectivity index (χ1n) is 5.90. The average molecular weight is 279 g/mol. The standard InChI is InChI=1S/C12H13N3O5/c1-3-12-13-11(14-20-12)7-19-10-6-8(15(16)17)4-5-9(10)18-2/h4-6H,3,7H2,1-2H3. The van der Waals surface area contributed by atoms with Gasteiger partial charge in [-0.25, -0.2) is 0 Å². The molecule has 0 bridgehead atoms. The van der Waals surface area contributed by atoms with Gasteiger partial charge in [0, 0.05) is 12.5 Å². The van der Waals surface area contributed by atoms with Gasteiger partial charge < -0.3 is 14.0 Å². The maximum absolute atomic E-state index is 10.7. The number of benzene rings is 1. The maximum atomic E-state index is 10.7. The van der Waals surface area contributed by atoms with E-state index in [1.54, 1.807) is 0 Å². The van der Waals surface area contributed by atoms with Crippen LogP contribution < -0.4 is 9.47 Å². The number of rotatable bonds is 6. The van der Waals surface area contributed by atoms with E-state index >= 15 is 0 Å². The van der Waals surface area contributed by atoms with Gasteiger partial charge in [0.1, 0.15) is 0 Å². The second kappa shape index (κ2) is 6.00. The number of aryl methyl sites for hydroxylation is 1. The zero-order valence-electron chi connectivity index (χ0n) is 11.0. The summed E-state index contributed by atoms with van der Waals surface area (Å²) >= 11 is 0. The molecule has 0 fully saturated rings. The molecule has 1 heterocycles. The fourth-order valence-corrected chi connectivity index (χ4v) is 1.53. The summed E-state index contributed by atoms with van der Waals surface area (Å²) in [5.41, 5.74) is -0.0804. The molecule has 0 amide bonds. The van der Waals surface area contributed by atoms with Gasteiger partial charge in [-0.3, -0.25) is 10.1 Å². The van der Waals surface area contributed by atoms with Gasteiger partial charge in [0.25, 0.3) is 5.69 Å². The average Bonchev–Trinajstić information content (AvgIpc) is 2.92. The minimum atomic E-state index is -0.504. The van der Waals surface area contributed by atoms with E-state index < -0.39 is 4.92 Å². The molecule has 2 rings (SSSR count). The van der Waals surface area contributed by atoms with E-state index in [0.29, 0.717) is 23.9 Å². The van der Waals surface area contributed by atoms with Gasteiger partial charge in [-0.15, -0.1) is 0 Å². The normalized spacial score (nSPS) is 10.3. The van der Waals surface area contributed by atoms with Crippen LogP contribution in [-0.4, -0.2) is 22.2 Å². The van der Waals surface area contributed by atoms with E-state index in [4.69, 9.17) is 14.0 Å². The molecule has 0 saturated heterocycles. The summed E-state index contributed by atoms with van der Waals surface area (Å²) in [7, 11) is 1.46. The minimum Gasteiger partial charge on any atom is -0.493 e. The Kier molecular flexibility index (Phi) is 4.14. The highest BCUT2D eigenvalue weighted by Gasteiger charge is 2.13. The van der Waals surface area contributed by atoms with E-state index in [0.717, 1.165) is 0 Å². The molecule has 8 nitrogen and oxygen atoms in total. The monoisotopic (exact) mass is 279 g/mol. The van der Waals surface area contributed by atoms with Crippen LogP contribution in [0.15, 0.2) is 22.7 Å². The first-order chi connectivity index (χ1) is 9.63. The molecule has 0 unspecified atom stereocenters. The Bertz CT molecular complexity index is 611. The van der Waals surface area contributed by atoms with Gasteiger partial charge in [-0.2, -0.15) is 4.98 Å². The SMILES string of the molecule is CCc1nc(COc2cc([N+](=O)[O-])ccc2OC)no1. The lowest BCUT2D eigenvalue weighted by molar-refractivity contribution is -0.385. The van der Waals surface area contributed by atoms with E-state index in [2.05, 4.69) is 10.1 Å². The predicted octanol–water partition coefficient (Wildman–Crippen LogP) is 2.13. The van der Waals surface area contributed by atoms with Crippen LogP contribution in [0.5, 0.6) is 11.5 Å². The highest BCUT2D eigenvalue weighted by molar-refractivity contribution is 5.48. The van der Waals surface area contributed by atoms with Crippen molar-refractivity contribution in [2.45, 2.75) is 20.0 Å². The summed E-state index contributed by atoms with van der Waals surface area (Å²) in [5, 5.41) is 14.5. The van der Waals surface area contributed by atoms with Crippen LogP contribution in [0, 0.1) is 10.1 Å². The number of nitro benzene ring substituents is 1. The van der Waals surface area contributed by atoms with Crippen molar-refractivity contribution in [3.05, 3.63) is 40.0 Å². The van der Waals surface area contributed by atoms with Crippen molar-refractivity contribution in [2.75, 3.05) is 7.11 Å². The topological polar surface area (TPSA) is 101 Å². The number of aromatic nitrogens is 2. The highest BCUT2D eigenvalue weighted by atomic mass is 16.6. The number of hydrogen-bond donors (Lipinski definition) is 0. The number of nitrogens with zero attached hydrogens (tertiary/aromatic N) is 3. The Balaban J connectivity index is 2.14. The Morgan fingerprint density at radius 3 is 2.80 bits per heavy atom. The zero-order chi connectivity index (χ0) is 14.5. The molecule has 0 radical (unpaired) electrons. The molecule has 0 aliphatic heterocycles. The van der Waals surface area contributed by atoms with Gasteiger partial charge in [0.2, 0.25) is 11.7 Å². The van der Waals surface area contributed by atoms with Crippen LogP contribution in [0.4, 0.5) is 5.69 Å². The lowest BCUT2D eigenvalue weighted by atomic mass is 10.3. The maximum Gasteiger partial charge on any atom is 0.273 e. The van der Waals surface area contributed by atoms with Crippen LogP contribution in [0.1, 0.15) is 18.6 Å². The molecule has 0 aliphatic carbocycles. The summed E-state index contributed by atoms with van der Waals surface area (Å²) in [6.45, 7) is 1.93. The first-order valence-corrected chi connectivity index (χ1v) is 5.90. The Morgan fingerprint density at radius 1 is 1.40 bits per heavy atom. The minimum absolute atomic E-state index is 0.0427. The molecule has 0 spiro atoms. The molecule has 0 N–H and O–H groups in total. The Hall–Kier alpha value is -2.64. The quantitative estimate of drug-likeness (QED) is 0.589. The molecule has 1 aromatic heterocycles. The number of ether oxygens (including phenoxy) is 2. The van der Waals surface area contributed by atoms with Crippen molar-refractivity contribution in [1.29, 1.82) is 0 Å². The molecule has 0 saturated carbocycles. The lowest BCUT2D eigenvalue weighted by Gasteiger charge is -2.08.